The normalized spacial score (nSPS) is 14.5. The number of non-ortho nitro benzene ring substituents is 1. The summed E-state index contributed by atoms with van der Waals surface area (Å²) in [6.45, 7) is 1.86. The van der Waals surface area contributed by atoms with Gasteiger partial charge in [0.2, 0.25) is 0 Å². The number of furan rings is 1. The average Bonchev–Trinajstić information content (AvgIpc) is 3.71. The second-order valence-corrected chi connectivity index (χ2v) is 11.9. The van der Waals surface area contributed by atoms with Crippen molar-refractivity contribution in [1.82, 2.24) is 4.57 Å². The van der Waals surface area contributed by atoms with Crippen LogP contribution in [0.25, 0.3) is 33.9 Å². The number of thiazole rings is 1. The van der Waals surface area contributed by atoms with Gasteiger partial charge >= 0.3 is 5.97 Å². The molecule has 0 saturated heterocycles. The maximum atomic E-state index is 14.5. The van der Waals surface area contributed by atoms with Gasteiger partial charge in [0, 0.05) is 34.9 Å². The SMILES string of the molecule is CCOC(=O)C1=C(c2ccccc2)N=c2s/c(=C/c3ccc(-c4cccc([N+](=O)[O-])c4)o3)c(=O)n2[C@H]1c1c(OC)ccc2ccccc12. The summed E-state index contributed by atoms with van der Waals surface area (Å²) in [7, 11) is 1.55. The van der Waals surface area contributed by atoms with Crippen LogP contribution in [0.1, 0.15) is 29.9 Å². The summed E-state index contributed by atoms with van der Waals surface area (Å²) in [5.41, 5.74) is 2.00. The number of hydrogen-bond acceptors (Lipinski definition) is 9. The van der Waals surface area contributed by atoms with Crippen LogP contribution in [0.2, 0.25) is 0 Å². The Morgan fingerprint density at radius 3 is 2.54 bits per heavy atom. The van der Waals surface area contributed by atoms with E-state index in [1.54, 1.807) is 44.4 Å². The highest BCUT2D eigenvalue weighted by Gasteiger charge is 2.37. The molecular formula is C37H27N3O7S. The lowest BCUT2D eigenvalue weighted by molar-refractivity contribution is -0.384. The summed E-state index contributed by atoms with van der Waals surface area (Å²) in [6.07, 6.45) is 1.61. The molecule has 6 aromatic rings. The standard InChI is InChI=1S/C37H27N3O7S/c1-3-46-36(42)32-33(23-11-5-4-6-12-23)38-37-39(34(32)31-27-15-8-7-10-22(27)16-18-29(31)45-2)35(41)30(48-37)21-26-17-19-28(47-26)24-13-9-14-25(20-24)40(43)44/h4-21,34H,3H2,1-2H3/b30-21+/t34-/m0/s1. The van der Waals surface area contributed by atoms with Crippen LogP contribution in [0.5, 0.6) is 5.75 Å². The monoisotopic (exact) mass is 657 g/mol. The number of benzene rings is 4. The molecule has 48 heavy (non-hydrogen) atoms. The third kappa shape index (κ3) is 5.39. The molecule has 10 nitrogen and oxygen atoms in total. The molecule has 0 aliphatic carbocycles. The zero-order valence-corrected chi connectivity index (χ0v) is 26.6. The Balaban J connectivity index is 1.49. The molecule has 0 bridgehead atoms. The predicted molar refractivity (Wildman–Crippen MR) is 182 cm³/mol. The quantitative estimate of drug-likeness (QED) is 0.107. The molecular weight excluding hydrogens is 630 g/mol. The molecule has 7 rings (SSSR count). The number of nitro benzene ring substituents is 1. The first-order valence-electron chi connectivity index (χ1n) is 15.1. The van der Waals surface area contributed by atoms with Gasteiger partial charge in [0.05, 0.1) is 34.4 Å². The fourth-order valence-electron chi connectivity index (χ4n) is 5.94. The van der Waals surface area contributed by atoms with Crippen LogP contribution in [0.3, 0.4) is 0 Å². The average molecular weight is 658 g/mol. The molecule has 1 aliphatic rings. The first-order valence-corrected chi connectivity index (χ1v) is 15.9. The molecule has 0 spiro atoms. The molecule has 11 heteroatoms. The van der Waals surface area contributed by atoms with Crippen molar-refractivity contribution in [2.45, 2.75) is 13.0 Å². The van der Waals surface area contributed by atoms with E-state index in [2.05, 4.69) is 0 Å². The molecule has 0 amide bonds. The molecule has 1 aliphatic heterocycles. The maximum Gasteiger partial charge on any atom is 0.338 e. The van der Waals surface area contributed by atoms with Crippen molar-refractivity contribution in [3.05, 3.63) is 155 Å². The molecule has 4 aromatic carbocycles. The summed E-state index contributed by atoms with van der Waals surface area (Å²) in [6, 6.07) is 29.4. The molecule has 0 unspecified atom stereocenters. The molecule has 0 N–H and O–H groups in total. The number of aromatic nitrogens is 1. The Bertz CT molecular complexity index is 2440. The lowest BCUT2D eigenvalue weighted by Crippen LogP contribution is -2.40. The van der Waals surface area contributed by atoms with Crippen LogP contribution in [-0.2, 0) is 9.53 Å². The summed E-state index contributed by atoms with van der Waals surface area (Å²) < 4.78 is 19.4. The second-order valence-electron chi connectivity index (χ2n) is 10.8. The van der Waals surface area contributed by atoms with Crippen molar-refractivity contribution in [2.24, 2.45) is 4.99 Å². The number of carbonyl (C=O) groups excluding carboxylic acids is 1. The van der Waals surface area contributed by atoms with E-state index < -0.39 is 16.9 Å². The highest BCUT2D eigenvalue weighted by Crippen LogP contribution is 2.42. The van der Waals surface area contributed by atoms with Crippen molar-refractivity contribution in [3.8, 4) is 17.1 Å². The number of esters is 1. The van der Waals surface area contributed by atoms with Crippen LogP contribution in [0.15, 0.2) is 123 Å². The first kappa shape index (κ1) is 30.6. The Morgan fingerprint density at radius 2 is 1.77 bits per heavy atom. The highest BCUT2D eigenvalue weighted by atomic mass is 32.1. The van der Waals surface area contributed by atoms with Gasteiger partial charge in [0.15, 0.2) is 4.80 Å². The second kappa shape index (κ2) is 12.6. The third-order valence-electron chi connectivity index (χ3n) is 8.04. The van der Waals surface area contributed by atoms with E-state index in [1.165, 1.54) is 16.7 Å². The number of carbonyl (C=O) groups is 1. The van der Waals surface area contributed by atoms with E-state index in [9.17, 15) is 19.7 Å². The van der Waals surface area contributed by atoms with Gasteiger partial charge in [-0.1, -0.05) is 84.1 Å². The van der Waals surface area contributed by atoms with E-state index >= 15 is 0 Å². The Labute approximate surface area is 277 Å². The maximum absolute atomic E-state index is 14.5. The van der Waals surface area contributed by atoms with Crippen molar-refractivity contribution < 1.29 is 23.6 Å². The Morgan fingerprint density at radius 1 is 1.00 bits per heavy atom. The molecule has 3 heterocycles. The smallest absolute Gasteiger partial charge is 0.338 e. The third-order valence-corrected chi connectivity index (χ3v) is 9.02. The Hall–Kier alpha value is -6.07. The lowest BCUT2D eigenvalue weighted by atomic mass is 9.89. The molecule has 0 saturated carbocycles. The Kier molecular flexibility index (Phi) is 8.03. The number of hydrogen-bond donors (Lipinski definition) is 0. The number of rotatable bonds is 8. The number of fused-ring (bicyclic) bond motifs is 2. The zero-order chi connectivity index (χ0) is 33.4. The van der Waals surface area contributed by atoms with Gasteiger partial charge in [-0.3, -0.25) is 19.5 Å². The van der Waals surface area contributed by atoms with Gasteiger partial charge in [-0.2, -0.15) is 0 Å². The minimum Gasteiger partial charge on any atom is -0.496 e. The summed E-state index contributed by atoms with van der Waals surface area (Å²) >= 11 is 1.16. The minimum absolute atomic E-state index is 0.0609. The predicted octanol–water partition coefficient (Wildman–Crippen LogP) is 6.27. The van der Waals surface area contributed by atoms with E-state index in [0.717, 1.165) is 22.1 Å². The molecule has 0 radical (unpaired) electrons. The van der Waals surface area contributed by atoms with Crippen LogP contribution in [0, 0.1) is 10.1 Å². The van der Waals surface area contributed by atoms with Gasteiger partial charge in [-0.05, 0) is 35.9 Å². The lowest BCUT2D eigenvalue weighted by Gasteiger charge is -2.28. The zero-order valence-electron chi connectivity index (χ0n) is 25.8. The number of ether oxygens (including phenoxy) is 2. The molecule has 238 valence electrons. The van der Waals surface area contributed by atoms with E-state index in [0.29, 0.717) is 49.0 Å². The van der Waals surface area contributed by atoms with Gasteiger partial charge < -0.3 is 13.9 Å². The van der Waals surface area contributed by atoms with Crippen LogP contribution in [0.4, 0.5) is 5.69 Å². The fourth-order valence-corrected chi connectivity index (χ4v) is 6.92. The highest BCUT2D eigenvalue weighted by molar-refractivity contribution is 7.07. The van der Waals surface area contributed by atoms with Crippen LogP contribution < -0.4 is 19.6 Å². The van der Waals surface area contributed by atoms with Crippen molar-refractivity contribution in [3.63, 3.8) is 0 Å². The number of nitro groups is 1. The van der Waals surface area contributed by atoms with Crippen molar-refractivity contribution >= 4 is 45.5 Å². The van der Waals surface area contributed by atoms with Crippen LogP contribution in [-0.4, -0.2) is 29.2 Å². The van der Waals surface area contributed by atoms with E-state index in [1.807, 2.05) is 66.7 Å². The minimum atomic E-state index is -0.948. The molecule has 2 aromatic heterocycles. The van der Waals surface area contributed by atoms with Crippen molar-refractivity contribution in [2.75, 3.05) is 13.7 Å². The van der Waals surface area contributed by atoms with Gasteiger partial charge in [-0.15, -0.1) is 0 Å². The van der Waals surface area contributed by atoms with Gasteiger partial charge in [0.25, 0.3) is 11.2 Å². The number of nitrogens with zero attached hydrogens (tertiary/aromatic N) is 3. The van der Waals surface area contributed by atoms with E-state index in [-0.39, 0.29) is 23.4 Å². The van der Waals surface area contributed by atoms with Crippen molar-refractivity contribution in [1.29, 1.82) is 0 Å². The van der Waals surface area contributed by atoms with Crippen LogP contribution >= 0.6 is 11.3 Å². The summed E-state index contributed by atoms with van der Waals surface area (Å²) in [4.78, 5) is 44.6. The topological polar surface area (TPSA) is 126 Å². The van der Waals surface area contributed by atoms with E-state index in [4.69, 9.17) is 18.9 Å². The summed E-state index contributed by atoms with van der Waals surface area (Å²) in [5, 5.41) is 13.0. The molecule has 1 atom stereocenters. The summed E-state index contributed by atoms with van der Waals surface area (Å²) in [5.74, 6) is 0.681. The number of methoxy groups -OCH3 is 1. The van der Waals surface area contributed by atoms with Gasteiger partial charge in [0.1, 0.15) is 23.3 Å². The fraction of sp³-hybridized carbons (Fsp3) is 0.108. The van der Waals surface area contributed by atoms with Gasteiger partial charge in [-0.25, -0.2) is 9.79 Å². The molecule has 0 fully saturated rings. The first-order chi connectivity index (χ1) is 23.4. The largest absolute Gasteiger partial charge is 0.496 e.